The van der Waals surface area contributed by atoms with Crippen LogP contribution in [0.5, 0.6) is 0 Å². The van der Waals surface area contributed by atoms with E-state index in [1.165, 1.54) is 22.3 Å². The van der Waals surface area contributed by atoms with Gasteiger partial charge in [-0.15, -0.1) is 0 Å². The molecule has 0 unspecified atom stereocenters. The number of rotatable bonds is 6. The van der Waals surface area contributed by atoms with Gasteiger partial charge in [0.25, 0.3) is 0 Å². The van der Waals surface area contributed by atoms with Crippen LogP contribution in [0.15, 0.2) is 12.1 Å². The van der Waals surface area contributed by atoms with Gasteiger partial charge in [-0.3, -0.25) is 14.5 Å². The monoisotopic (exact) mass is 319 g/mol. The number of carbonyl (C=O) groups is 2. The Kier molecular flexibility index (Phi) is 5.42. The van der Waals surface area contributed by atoms with Crippen LogP contribution in [-0.4, -0.2) is 40.1 Å². The summed E-state index contributed by atoms with van der Waals surface area (Å²) in [5.41, 5.74) is 4.97. The number of hydrogen-bond donors (Lipinski definition) is 2. The Bertz CT molecular complexity index is 564. The zero-order valence-electron chi connectivity index (χ0n) is 14.0. The third-order valence-corrected chi connectivity index (χ3v) is 4.75. The van der Waals surface area contributed by atoms with Gasteiger partial charge in [-0.05, 0) is 49.3 Å². The van der Waals surface area contributed by atoms with E-state index >= 15 is 0 Å². The van der Waals surface area contributed by atoms with Crippen molar-refractivity contribution < 1.29 is 19.8 Å². The first-order chi connectivity index (χ1) is 10.8. The molecule has 0 saturated carbocycles. The van der Waals surface area contributed by atoms with Gasteiger partial charge in [0.15, 0.2) is 0 Å². The molecule has 2 atom stereocenters. The average Bonchev–Trinajstić information content (AvgIpc) is 2.74. The van der Waals surface area contributed by atoms with Gasteiger partial charge in [0.1, 0.15) is 0 Å². The van der Waals surface area contributed by atoms with Crippen molar-refractivity contribution >= 4 is 11.9 Å². The van der Waals surface area contributed by atoms with E-state index < -0.39 is 11.9 Å². The van der Waals surface area contributed by atoms with E-state index in [0.29, 0.717) is 13.1 Å². The molecule has 0 aliphatic carbocycles. The quantitative estimate of drug-likeness (QED) is 0.843. The maximum atomic E-state index is 11.0. The van der Waals surface area contributed by atoms with Gasteiger partial charge < -0.3 is 10.2 Å². The summed E-state index contributed by atoms with van der Waals surface area (Å²) in [6.45, 7) is 8.31. The van der Waals surface area contributed by atoms with Crippen molar-refractivity contribution in [1.29, 1.82) is 0 Å². The predicted molar refractivity (Wildman–Crippen MR) is 87.4 cm³/mol. The zero-order chi connectivity index (χ0) is 17.1. The van der Waals surface area contributed by atoms with Crippen LogP contribution < -0.4 is 0 Å². The molecule has 1 saturated heterocycles. The Labute approximate surface area is 136 Å². The lowest BCUT2D eigenvalue weighted by molar-refractivity contribution is -0.141. The van der Waals surface area contributed by atoms with Crippen molar-refractivity contribution in [2.45, 2.75) is 40.2 Å². The van der Waals surface area contributed by atoms with E-state index in [4.69, 9.17) is 10.2 Å². The second kappa shape index (κ2) is 7.13. The van der Waals surface area contributed by atoms with Crippen LogP contribution in [0.3, 0.4) is 0 Å². The van der Waals surface area contributed by atoms with Crippen LogP contribution in [0.25, 0.3) is 0 Å². The Balaban J connectivity index is 2.12. The molecule has 1 heterocycles. The SMILES string of the molecule is Cc1cc(C)c(CN2C[C@@H](CC(=O)O)[C@H](CC(=O)O)C2)c(C)c1. The molecule has 1 fully saturated rings. The van der Waals surface area contributed by atoms with Crippen LogP contribution in [0.2, 0.25) is 0 Å². The molecule has 5 nitrogen and oxygen atoms in total. The van der Waals surface area contributed by atoms with E-state index in [1.54, 1.807) is 0 Å². The summed E-state index contributed by atoms with van der Waals surface area (Å²) >= 11 is 0. The molecule has 1 aliphatic heterocycles. The molecule has 23 heavy (non-hydrogen) atoms. The van der Waals surface area contributed by atoms with Gasteiger partial charge in [0, 0.05) is 32.5 Å². The third kappa shape index (κ3) is 4.55. The highest BCUT2D eigenvalue weighted by Crippen LogP contribution is 2.31. The summed E-state index contributed by atoms with van der Waals surface area (Å²) in [6, 6.07) is 4.31. The van der Waals surface area contributed by atoms with Crippen LogP contribution in [0, 0.1) is 32.6 Å². The summed E-state index contributed by atoms with van der Waals surface area (Å²) < 4.78 is 0. The highest BCUT2D eigenvalue weighted by molar-refractivity contribution is 5.69. The van der Waals surface area contributed by atoms with Gasteiger partial charge in [-0.2, -0.15) is 0 Å². The van der Waals surface area contributed by atoms with Crippen molar-refractivity contribution in [2.24, 2.45) is 11.8 Å². The van der Waals surface area contributed by atoms with Gasteiger partial charge in [0.05, 0.1) is 0 Å². The first-order valence-electron chi connectivity index (χ1n) is 7.99. The third-order valence-electron chi connectivity index (χ3n) is 4.75. The minimum atomic E-state index is -0.852. The maximum absolute atomic E-state index is 11.0. The second-order valence-corrected chi connectivity index (χ2v) is 6.79. The summed E-state index contributed by atoms with van der Waals surface area (Å²) in [7, 11) is 0. The molecular formula is C18H25NO4. The Morgan fingerprint density at radius 1 is 1.00 bits per heavy atom. The van der Waals surface area contributed by atoms with Crippen LogP contribution in [0.4, 0.5) is 0 Å². The average molecular weight is 319 g/mol. The van der Waals surface area contributed by atoms with Crippen molar-refractivity contribution in [3.8, 4) is 0 Å². The molecule has 2 rings (SSSR count). The largest absolute Gasteiger partial charge is 0.481 e. The van der Waals surface area contributed by atoms with E-state index in [0.717, 1.165) is 6.54 Å². The summed E-state index contributed by atoms with van der Waals surface area (Å²) in [5.74, 6) is -1.88. The number of carboxylic acids is 2. The molecule has 0 bridgehead atoms. The predicted octanol–water partition coefficient (Wildman–Crippen LogP) is 2.61. The van der Waals surface area contributed by atoms with Crippen molar-refractivity contribution in [1.82, 2.24) is 4.90 Å². The molecular weight excluding hydrogens is 294 g/mol. The van der Waals surface area contributed by atoms with Gasteiger partial charge in [0.2, 0.25) is 0 Å². The highest BCUT2D eigenvalue weighted by Gasteiger charge is 2.35. The van der Waals surface area contributed by atoms with Crippen LogP contribution >= 0.6 is 0 Å². The Morgan fingerprint density at radius 2 is 1.43 bits per heavy atom. The molecule has 5 heteroatoms. The molecule has 1 aromatic carbocycles. The molecule has 0 amide bonds. The molecule has 1 aliphatic rings. The zero-order valence-corrected chi connectivity index (χ0v) is 14.0. The number of nitrogens with zero attached hydrogens (tertiary/aromatic N) is 1. The lowest BCUT2D eigenvalue weighted by Gasteiger charge is -2.19. The maximum Gasteiger partial charge on any atom is 0.303 e. The topological polar surface area (TPSA) is 77.8 Å². The second-order valence-electron chi connectivity index (χ2n) is 6.79. The highest BCUT2D eigenvalue weighted by atomic mass is 16.4. The van der Waals surface area contributed by atoms with Crippen LogP contribution in [0.1, 0.15) is 35.1 Å². The number of aryl methyl sites for hydroxylation is 3. The summed E-state index contributed by atoms with van der Waals surface area (Å²) in [4.78, 5) is 24.3. The van der Waals surface area contributed by atoms with Gasteiger partial charge >= 0.3 is 11.9 Å². The van der Waals surface area contributed by atoms with E-state index in [2.05, 4.69) is 37.8 Å². The standard InChI is InChI=1S/C18H25NO4/c1-11-4-12(2)16(13(3)5-11)10-19-8-14(6-17(20)21)15(9-19)7-18(22)23/h4-5,14-15H,6-10H2,1-3H3,(H,20,21)(H,22,23)/t14-,15-/m1/s1. The fourth-order valence-electron chi connectivity index (χ4n) is 3.76. The normalized spacial score (nSPS) is 21.5. The number of aliphatic carboxylic acids is 2. The van der Waals surface area contributed by atoms with Crippen LogP contribution in [-0.2, 0) is 16.1 Å². The summed E-state index contributed by atoms with van der Waals surface area (Å²) in [5, 5.41) is 18.1. The van der Waals surface area contributed by atoms with Crippen molar-refractivity contribution in [2.75, 3.05) is 13.1 Å². The molecule has 0 spiro atoms. The number of benzene rings is 1. The van der Waals surface area contributed by atoms with Crippen molar-refractivity contribution in [3.05, 3.63) is 34.4 Å². The van der Waals surface area contributed by atoms with Crippen molar-refractivity contribution in [3.63, 3.8) is 0 Å². The summed E-state index contributed by atoms with van der Waals surface area (Å²) in [6.07, 6.45) is 0.0839. The first-order valence-corrected chi connectivity index (χ1v) is 7.99. The Morgan fingerprint density at radius 3 is 1.83 bits per heavy atom. The lowest BCUT2D eigenvalue weighted by atomic mass is 9.90. The van der Waals surface area contributed by atoms with Gasteiger partial charge in [-0.1, -0.05) is 17.7 Å². The van der Waals surface area contributed by atoms with E-state index in [1.807, 2.05) is 0 Å². The molecule has 2 N–H and O–H groups in total. The fourth-order valence-corrected chi connectivity index (χ4v) is 3.76. The number of carboxylic acid groups (broad SMARTS) is 2. The Hall–Kier alpha value is -1.88. The fraction of sp³-hybridized carbons (Fsp3) is 0.556. The molecule has 0 aromatic heterocycles. The first kappa shape index (κ1) is 17.5. The molecule has 126 valence electrons. The molecule has 0 radical (unpaired) electrons. The smallest absolute Gasteiger partial charge is 0.303 e. The number of likely N-dealkylation sites (tertiary alicyclic amines) is 1. The van der Waals surface area contributed by atoms with E-state index in [9.17, 15) is 9.59 Å². The minimum Gasteiger partial charge on any atom is -0.481 e. The molecule has 1 aromatic rings. The minimum absolute atomic E-state index is 0.0420. The number of hydrogen-bond acceptors (Lipinski definition) is 3. The van der Waals surface area contributed by atoms with Gasteiger partial charge in [-0.25, -0.2) is 0 Å². The van der Waals surface area contributed by atoms with E-state index in [-0.39, 0.29) is 24.7 Å². The lowest BCUT2D eigenvalue weighted by Crippen LogP contribution is -2.22.